The number of rotatable bonds is 3. The first kappa shape index (κ1) is 10.2. The predicted molar refractivity (Wildman–Crippen MR) is 63.4 cm³/mol. The molecule has 7 heteroatoms. The van der Waals surface area contributed by atoms with Gasteiger partial charge in [0.2, 0.25) is 0 Å². The molecule has 0 amide bonds. The fraction of sp³-hybridized carbons (Fsp3) is 0.200. The van der Waals surface area contributed by atoms with Gasteiger partial charge in [-0.3, -0.25) is 4.68 Å². The normalized spacial score (nSPS) is 10.9. The fourth-order valence-electron chi connectivity index (χ4n) is 1.51. The van der Waals surface area contributed by atoms with Gasteiger partial charge in [-0.15, -0.1) is 16.4 Å². The van der Waals surface area contributed by atoms with Gasteiger partial charge in [0.15, 0.2) is 0 Å². The molecule has 0 aromatic carbocycles. The highest BCUT2D eigenvalue weighted by molar-refractivity contribution is 7.09. The Kier molecular flexibility index (Phi) is 2.45. The molecule has 0 bridgehead atoms. The Balaban J connectivity index is 1.83. The van der Waals surface area contributed by atoms with Crippen molar-refractivity contribution in [3.63, 3.8) is 0 Å². The molecule has 17 heavy (non-hydrogen) atoms. The molecule has 6 nitrogen and oxygen atoms in total. The summed E-state index contributed by atoms with van der Waals surface area (Å²) in [6, 6.07) is 1.91. The van der Waals surface area contributed by atoms with Crippen molar-refractivity contribution in [3.05, 3.63) is 35.0 Å². The number of thiazole rings is 1. The molecule has 0 spiro atoms. The SMILES string of the molecule is Cn1ccc(-c2cn(Cc3nccs3)nn2)n1. The number of aromatic nitrogens is 6. The van der Waals surface area contributed by atoms with E-state index in [-0.39, 0.29) is 0 Å². The molecule has 0 unspecified atom stereocenters. The lowest BCUT2D eigenvalue weighted by Gasteiger charge is -1.93. The minimum atomic E-state index is 0.650. The molecule has 0 aliphatic heterocycles. The van der Waals surface area contributed by atoms with Gasteiger partial charge in [0.25, 0.3) is 0 Å². The van der Waals surface area contributed by atoms with Crippen molar-refractivity contribution in [2.24, 2.45) is 7.05 Å². The van der Waals surface area contributed by atoms with E-state index < -0.39 is 0 Å². The summed E-state index contributed by atoms with van der Waals surface area (Å²) >= 11 is 1.61. The Bertz CT molecular complexity index is 608. The fourth-order valence-corrected chi connectivity index (χ4v) is 2.12. The lowest BCUT2D eigenvalue weighted by molar-refractivity contribution is 0.647. The topological polar surface area (TPSA) is 61.4 Å². The lowest BCUT2D eigenvalue weighted by Crippen LogP contribution is -1.99. The summed E-state index contributed by atoms with van der Waals surface area (Å²) in [7, 11) is 1.88. The average Bonchev–Trinajstić information content (AvgIpc) is 2.99. The van der Waals surface area contributed by atoms with Crippen LogP contribution in [0, 0.1) is 0 Å². The van der Waals surface area contributed by atoms with Crippen LogP contribution in [0.3, 0.4) is 0 Å². The van der Waals surface area contributed by atoms with Gasteiger partial charge in [0.05, 0.1) is 12.7 Å². The van der Waals surface area contributed by atoms with E-state index in [4.69, 9.17) is 0 Å². The first-order valence-electron chi connectivity index (χ1n) is 5.10. The van der Waals surface area contributed by atoms with Crippen molar-refractivity contribution in [2.45, 2.75) is 6.54 Å². The van der Waals surface area contributed by atoms with Crippen LogP contribution in [0.1, 0.15) is 5.01 Å². The zero-order valence-corrected chi connectivity index (χ0v) is 10.0. The molecule has 3 rings (SSSR count). The molecular formula is C10H10N6S. The van der Waals surface area contributed by atoms with Crippen molar-refractivity contribution in [1.82, 2.24) is 29.8 Å². The molecular weight excluding hydrogens is 236 g/mol. The van der Waals surface area contributed by atoms with Crippen molar-refractivity contribution in [2.75, 3.05) is 0 Å². The standard InChI is InChI=1S/C10H10N6S/c1-15-4-2-8(13-15)9-6-16(14-12-9)7-10-11-3-5-17-10/h2-6H,7H2,1H3. The van der Waals surface area contributed by atoms with Gasteiger partial charge in [-0.05, 0) is 6.07 Å². The van der Waals surface area contributed by atoms with Crippen LogP contribution in [0.15, 0.2) is 30.0 Å². The summed E-state index contributed by atoms with van der Waals surface area (Å²) in [6.07, 6.45) is 5.55. The molecule has 3 heterocycles. The maximum absolute atomic E-state index is 4.28. The number of hydrogen-bond acceptors (Lipinski definition) is 5. The van der Waals surface area contributed by atoms with Crippen molar-refractivity contribution >= 4 is 11.3 Å². The summed E-state index contributed by atoms with van der Waals surface area (Å²) in [6.45, 7) is 0.650. The highest BCUT2D eigenvalue weighted by Crippen LogP contribution is 2.13. The molecule has 0 atom stereocenters. The minimum Gasteiger partial charge on any atom is -0.275 e. The summed E-state index contributed by atoms with van der Waals surface area (Å²) < 4.78 is 3.51. The third-order valence-corrected chi connectivity index (χ3v) is 3.06. The van der Waals surface area contributed by atoms with Crippen LogP contribution in [0.25, 0.3) is 11.4 Å². The molecule has 0 saturated heterocycles. The molecule has 0 radical (unpaired) electrons. The van der Waals surface area contributed by atoms with Crippen LogP contribution in [0.2, 0.25) is 0 Å². The average molecular weight is 246 g/mol. The second-order valence-corrected chi connectivity index (χ2v) is 4.58. The van der Waals surface area contributed by atoms with Gasteiger partial charge < -0.3 is 0 Å². The second-order valence-electron chi connectivity index (χ2n) is 3.60. The molecule has 0 aliphatic carbocycles. The third-order valence-electron chi connectivity index (χ3n) is 2.30. The van der Waals surface area contributed by atoms with Crippen molar-refractivity contribution < 1.29 is 0 Å². The van der Waals surface area contributed by atoms with Gasteiger partial charge in [-0.25, -0.2) is 9.67 Å². The Morgan fingerprint density at radius 3 is 3.00 bits per heavy atom. The molecule has 0 saturated carbocycles. The van der Waals surface area contributed by atoms with Gasteiger partial charge >= 0.3 is 0 Å². The highest BCUT2D eigenvalue weighted by atomic mass is 32.1. The molecule has 3 aromatic rings. The van der Waals surface area contributed by atoms with Crippen molar-refractivity contribution in [1.29, 1.82) is 0 Å². The molecule has 0 N–H and O–H groups in total. The van der Waals surface area contributed by atoms with E-state index in [1.165, 1.54) is 0 Å². The van der Waals surface area contributed by atoms with Crippen LogP contribution < -0.4 is 0 Å². The Labute approximate surface area is 102 Å². The summed E-state index contributed by atoms with van der Waals surface area (Å²) in [5.41, 5.74) is 1.61. The molecule has 0 aliphatic rings. The number of hydrogen-bond donors (Lipinski definition) is 0. The monoisotopic (exact) mass is 246 g/mol. The quantitative estimate of drug-likeness (QED) is 0.696. The summed E-state index contributed by atoms with van der Waals surface area (Å²) in [4.78, 5) is 4.21. The van der Waals surface area contributed by atoms with Crippen LogP contribution in [-0.2, 0) is 13.6 Å². The third kappa shape index (κ3) is 2.09. The summed E-state index contributed by atoms with van der Waals surface area (Å²) in [5, 5.41) is 15.4. The smallest absolute Gasteiger partial charge is 0.133 e. The number of aryl methyl sites for hydroxylation is 1. The van der Waals surface area contributed by atoms with Crippen molar-refractivity contribution in [3.8, 4) is 11.4 Å². The van der Waals surface area contributed by atoms with E-state index in [1.54, 1.807) is 26.9 Å². The van der Waals surface area contributed by atoms with Crippen LogP contribution in [-0.4, -0.2) is 29.8 Å². The van der Waals surface area contributed by atoms with Gasteiger partial charge in [-0.1, -0.05) is 5.21 Å². The minimum absolute atomic E-state index is 0.650. The maximum Gasteiger partial charge on any atom is 0.133 e. The predicted octanol–water partition coefficient (Wildman–Crippen LogP) is 1.18. The van der Waals surface area contributed by atoms with Crippen LogP contribution >= 0.6 is 11.3 Å². The van der Waals surface area contributed by atoms with E-state index in [2.05, 4.69) is 20.4 Å². The Morgan fingerprint density at radius 2 is 2.29 bits per heavy atom. The Morgan fingerprint density at radius 1 is 1.35 bits per heavy atom. The van der Waals surface area contributed by atoms with Gasteiger partial charge in [0, 0.05) is 24.8 Å². The Hall–Kier alpha value is -2.02. The van der Waals surface area contributed by atoms with E-state index in [0.29, 0.717) is 6.54 Å². The van der Waals surface area contributed by atoms with Crippen LogP contribution in [0.5, 0.6) is 0 Å². The first-order chi connectivity index (χ1) is 8.31. The molecule has 3 aromatic heterocycles. The maximum atomic E-state index is 4.28. The van der Waals surface area contributed by atoms with E-state index >= 15 is 0 Å². The van der Waals surface area contributed by atoms with E-state index in [1.807, 2.05) is 30.9 Å². The van der Waals surface area contributed by atoms with Gasteiger partial charge in [-0.2, -0.15) is 5.10 Å². The number of nitrogens with zero attached hydrogens (tertiary/aromatic N) is 6. The first-order valence-corrected chi connectivity index (χ1v) is 5.98. The molecule has 86 valence electrons. The molecule has 0 fully saturated rings. The zero-order chi connectivity index (χ0) is 11.7. The largest absolute Gasteiger partial charge is 0.275 e. The van der Waals surface area contributed by atoms with E-state index in [9.17, 15) is 0 Å². The van der Waals surface area contributed by atoms with Gasteiger partial charge in [0.1, 0.15) is 16.4 Å². The van der Waals surface area contributed by atoms with Crippen LogP contribution in [0.4, 0.5) is 0 Å². The second kappa shape index (κ2) is 4.10. The van der Waals surface area contributed by atoms with E-state index in [0.717, 1.165) is 16.4 Å². The zero-order valence-electron chi connectivity index (χ0n) is 9.19. The highest BCUT2D eigenvalue weighted by Gasteiger charge is 2.07. The summed E-state index contributed by atoms with van der Waals surface area (Å²) in [5.74, 6) is 0. The lowest BCUT2D eigenvalue weighted by atomic mass is 10.3.